The summed E-state index contributed by atoms with van der Waals surface area (Å²) >= 11 is 0. The molecule has 1 saturated carbocycles. The Morgan fingerprint density at radius 2 is 2.04 bits per heavy atom. The van der Waals surface area contributed by atoms with Crippen molar-refractivity contribution in [1.29, 1.82) is 0 Å². The first-order chi connectivity index (χ1) is 12.0. The molecular formula is C20H35NO4. The Hall–Kier alpha value is -1.07. The van der Waals surface area contributed by atoms with Crippen molar-refractivity contribution in [2.75, 3.05) is 20.3 Å². The molecule has 5 heteroatoms. The highest BCUT2D eigenvalue weighted by atomic mass is 16.7. The Balaban J connectivity index is 1.98. The summed E-state index contributed by atoms with van der Waals surface area (Å²) in [4.78, 5) is 14.8. The maximum absolute atomic E-state index is 12.9. The summed E-state index contributed by atoms with van der Waals surface area (Å²) in [6.07, 6.45) is 9.80. The molecule has 0 aromatic rings. The Labute approximate surface area is 152 Å². The van der Waals surface area contributed by atoms with Crippen LogP contribution in [0.4, 0.5) is 0 Å². The topological polar surface area (TPSA) is 59.0 Å². The average molecular weight is 354 g/mol. The van der Waals surface area contributed by atoms with Crippen LogP contribution in [0.3, 0.4) is 0 Å². The second-order valence-electron chi connectivity index (χ2n) is 7.73. The van der Waals surface area contributed by atoms with Crippen LogP contribution in [0.2, 0.25) is 0 Å². The lowest BCUT2D eigenvalue weighted by atomic mass is 9.89. The summed E-state index contributed by atoms with van der Waals surface area (Å²) in [6.45, 7) is 5.07. The lowest BCUT2D eigenvalue weighted by molar-refractivity contribution is -0.157. The first-order valence-corrected chi connectivity index (χ1v) is 9.91. The molecule has 2 unspecified atom stereocenters. The molecule has 1 aliphatic carbocycles. The SMILES string of the molecule is CC(C)C1C=C(C(=O)N(C)C2CCCCC2)OC(OCCCCO)C1. The second kappa shape index (κ2) is 10.2. The monoisotopic (exact) mass is 353 g/mol. The number of carbonyl (C=O) groups excluding carboxylic acids is 1. The first-order valence-electron chi connectivity index (χ1n) is 9.91. The zero-order valence-electron chi connectivity index (χ0n) is 16.1. The molecule has 0 aromatic carbocycles. The minimum Gasteiger partial charge on any atom is -0.459 e. The molecule has 2 rings (SSSR count). The van der Waals surface area contributed by atoms with E-state index in [0.29, 0.717) is 24.3 Å². The molecule has 1 N–H and O–H groups in total. The Kier molecular flexibility index (Phi) is 8.24. The quantitative estimate of drug-likeness (QED) is 0.679. The van der Waals surface area contributed by atoms with E-state index in [1.807, 2.05) is 18.0 Å². The van der Waals surface area contributed by atoms with E-state index in [-0.39, 0.29) is 24.7 Å². The summed E-state index contributed by atoms with van der Waals surface area (Å²) in [6, 6.07) is 0.328. The van der Waals surface area contributed by atoms with E-state index in [4.69, 9.17) is 14.6 Å². The second-order valence-corrected chi connectivity index (χ2v) is 7.73. The van der Waals surface area contributed by atoms with Gasteiger partial charge in [0.15, 0.2) is 5.76 Å². The standard InChI is InChI=1S/C20H35NO4/c1-15(2)16-13-18(25-19(14-16)24-12-8-7-11-22)20(23)21(3)17-9-5-4-6-10-17/h13,15-17,19,22H,4-12,14H2,1-3H3. The van der Waals surface area contributed by atoms with Gasteiger partial charge in [-0.05, 0) is 43.6 Å². The molecule has 1 heterocycles. The van der Waals surface area contributed by atoms with Gasteiger partial charge in [-0.2, -0.15) is 0 Å². The van der Waals surface area contributed by atoms with E-state index in [1.54, 1.807) is 0 Å². The van der Waals surface area contributed by atoms with Crippen LogP contribution >= 0.6 is 0 Å². The summed E-state index contributed by atoms with van der Waals surface area (Å²) in [7, 11) is 1.90. The number of likely N-dealkylation sites (N-methyl/N-ethyl adjacent to an activating group) is 1. The van der Waals surface area contributed by atoms with Crippen molar-refractivity contribution in [3.05, 3.63) is 11.8 Å². The molecule has 0 radical (unpaired) electrons. The smallest absolute Gasteiger partial charge is 0.288 e. The highest BCUT2D eigenvalue weighted by Gasteiger charge is 2.32. The van der Waals surface area contributed by atoms with Gasteiger partial charge in [0.2, 0.25) is 6.29 Å². The van der Waals surface area contributed by atoms with E-state index < -0.39 is 0 Å². The lowest BCUT2D eigenvalue weighted by Gasteiger charge is -2.35. The molecular weight excluding hydrogens is 318 g/mol. The van der Waals surface area contributed by atoms with Crippen LogP contribution in [0.15, 0.2) is 11.8 Å². The maximum atomic E-state index is 12.9. The number of hydrogen-bond acceptors (Lipinski definition) is 4. The molecule has 25 heavy (non-hydrogen) atoms. The number of rotatable bonds is 8. The molecule has 1 amide bonds. The minimum absolute atomic E-state index is 0.0128. The summed E-state index contributed by atoms with van der Waals surface area (Å²) in [5, 5.41) is 8.87. The number of unbranched alkanes of at least 4 members (excludes halogenated alkanes) is 1. The van der Waals surface area contributed by atoms with Gasteiger partial charge in [0, 0.05) is 26.1 Å². The van der Waals surface area contributed by atoms with Crippen LogP contribution in [-0.4, -0.2) is 48.5 Å². The van der Waals surface area contributed by atoms with Crippen molar-refractivity contribution >= 4 is 5.91 Å². The molecule has 0 aromatic heterocycles. The summed E-state index contributed by atoms with van der Waals surface area (Å²) in [5.74, 6) is 1.16. The van der Waals surface area contributed by atoms with Gasteiger partial charge in [0.25, 0.3) is 5.91 Å². The van der Waals surface area contributed by atoms with E-state index in [9.17, 15) is 4.79 Å². The highest BCUT2D eigenvalue weighted by Crippen LogP contribution is 2.30. The van der Waals surface area contributed by atoms with E-state index >= 15 is 0 Å². The number of allylic oxidation sites excluding steroid dienone is 1. The van der Waals surface area contributed by atoms with Gasteiger partial charge in [-0.25, -0.2) is 0 Å². The molecule has 0 bridgehead atoms. The van der Waals surface area contributed by atoms with Crippen molar-refractivity contribution in [2.45, 2.75) is 77.5 Å². The molecule has 1 fully saturated rings. The van der Waals surface area contributed by atoms with Crippen molar-refractivity contribution in [1.82, 2.24) is 4.90 Å². The number of aliphatic hydroxyl groups excluding tert-OH is 1. The Morgan fingerprint density at radius 3 is 2.68 bits per heavy atom. The van der Waals surface area contributed by atoms with E-state index in [2.05, 4.69) is 13.8 Å². The van der Waals surface area contributed by atoms with Gasteiger partial charge in [0.1, 0.15) is 0 Å². The van der Waals surface area contributed by atoms with Gasteiger partial charge in [-0.15, -0.1) is 0 Å². The summed E-state index contributed by atoms with van der Waals surface area (Å²) < 4.78 is 11.7. The van der Waals surface area contributed by atoms with Gasteiger partial charge in [-0.1, -0.05) is 33.1 Å². The molecule has 5 nitrogen and oxygen atoms in total. The molecule has 0 spiro atoms. The van der Waals surface area contributed by atoms with Crippen LogP contribution in [0.1, 0.15) is 65.2 Å². The van der Waals surface area contributed by atoms with Crippen molar-refractivity contribution in [3.8, 4) is 0 Å². The van der Waals surface area contributed by atoms with Crippen molar-refractivity contribution in [2.24, 2.45) is 11.8 Å². The maximum Gasteiger partial charge on any atom is 0.288 e. The Bertz CT molecular complexity index is 443. The van der Waals surface area contributed by atoms with E-state index in [0.717, 1.165) is 32.1 Å². The van der Waals surface area contributed by atoms with Gasteiger partial charge >= 0.3 is 0 Å². The fourth-order valence-electron chi connectivity index (χ4n) is 3.64. The molecule has 2 atom stereocenters. The largest absolute Gasteiger partial charge is 0.459 e. The van der Waals surface area contributed by atoms with Crippen molar-refractivity contribution < 1.29 is 19.4 Å². The third kappa shape index (κ3) is 6.00. The van der Waals surface area contributed by atoms with Crippen LogP contribution < -0.4 is 0 Å². The zero-order chi connectivity index (χ0) is 18.2. The summed E-state index contributed by atoms with van der Waals surface area (Å²) in [5.41, 5.74) is 0. The molecule has 2 aliphatic rings. The van der Waals surface area contributed by atoms with Crippen LogP contribution in [0, 0.1) is 11.8 Å². The number of aliphatic hydroxyl groups is 1. The average Bonchev–Trinajstić information content (AvgIpc) is 2.64. The first kappa shape index (κ1) is 20.2. The number of nitrogens with zero attached hydrogens (tertiary/aromatic N) is 1. The lowest BCUT2D eigenvalue weighted by Crippen LogP contribution is -2.41. The van der Waals surface area contributed by atoms with Gasteiger partial charge < -0.3 is 19.5 Å². The predicted octanol–water partition coefficient (Wildman–Crippen LogP) is 3.47. The fourth-order valence-corrected chi connectivity index (χ4v) is 3.64. The fraction of sp³-hybridized carbons (Fsp3) is 0.850. The minimum atomic E-state index is -0.366. The third-order valence-electron chi connectivity index (χ3n) is 5.45. The van der Waals surface area contributed by atoms with E-state index in [1.165, 1.54) is 19.3 Å². The number of amides is 1. The van der Waals surface area contributed by atoms with Crippen LogP contribution in [0.25, 0.3) is 0 Å². The molecule has 0 saturated heterocycles. The van der Waals surface area contributed by atoms with Gasteiger partial charge in [0.05, 0.1) is 6.61 Å². The third-order valence-corrected chi connectivity index (χ3v) is 5.45. The number of hydrogen-bond donors (Lipinski definition) is 1. The van der Waals surface area contributed by atoms with Crippen molar-refractivity contribution in [3.63, 3.8) is 0 Å². The normalized spacial score (nSPS) is 24.8. The van der Waals surface area contributed by atoms with Gasteiger partial charge in [-0.3, -0.25) is 4.79 Å². The highest BCUT2D eigenvalue weighted by molar-refractivity contribution is 5.91. The molecule has 144 valence electrons. The van der Waals surface area contributed by atoms with Crippen LogP contribution in [-0.2, 0) is 14.3 Å². The zero-order valence-corrected chi connectivity index (χ0v) is 16.1. The number of ether oxygens (including phenoxy) is 2. The Morgan fingerprint density at radius 1 is 1.32 bits per heavy atom. The van der Waals surface area contributed by atoms with Crippen LogP contribution in [0.5, 0.6) is 0 Å². The molecule has 1 aliphatic heterocycles. The predicted molar refractivity (Wildman–Crippen MR) is 97.8 cm³/mol. The number of carbonyl (C=O) groups is 1.